The summed E-state index contributed by atoms with van der Waals surface area (Å²) in [5.41, 5.74) is 0.603. The van der Waals surface area contributed by atoms with Gasteiger partial charge in [-0.3, -0.25) is 14.7 Å². The second-order valence-corrected chi connectivity index (χ2v) is 9.04. The van der Waals surface area contributed by atoms with Gasteiger partial charge in [-0.25, -0.2) is 0 Å². The van der Waals surface area contributed by atoms with Gasteiger partial charge in [-0.05, 0) is 55.5 Å². The Bertz CT molecular complexity index is 866. The predicted octanol–water partition coefficient (Wildman–Crippen LogP) is 4.35. The first kappa shape index (κ1) is 18.1. The normalized spacial score (nSPS) is 30.2. The van der Waals surface area contributed by atoms with E-state index in [1.807, 2.05) is 24.4 Å². The summed E-state index contributed by atoms with van der Waals surface area (Å²) in [6.45, 7) is 5.37. The van der Waals surface area contributed by atoms with Crippen molar-refractivity contribution in [1.82, 2.24) is 14.8 Å². The van der Waals surface area contributed by atoms with Gasteiger partial charge in [-0.1, -0.05) is 44.0 Å². The van der Waals surface area contributed by atoms with Crippen LogP contribution in [0.3, 0.4) is 0 Å². The van der Waals surface area contributed by atoms with Gasteiger partial charge in [0.25, 0.3) is 5.91 Å². The molecule has 4 nitrogen and oxygen atoms in total. The molecule has 28 heavy (non-hydrogen) atoms. The van der Waals surface area contributed by atoms with Crippen molar-refractivity contribution in [2.75, 3.05) is 19.6 Å². The summed E-state index contributed by atoms with van der Waals surface area (Å²) < 4.78 is 0. The monoisotopic (exact) mass is 377 g/mol. The van der Waals surface area contributed by atoms with Crippen molar-refractivity contribution in [3.05, 3.63) is 42.2 Å². The fraction of sp³-hybridized carbons (Fsp3) is 0.583. The number of pyridine rings is 1. The third-order valence-corrected chi connectivity index (χ3v) is 7.34. The largest absolute Gasteiger partial charge is 0.337 e. The Kier molecular flexibility index (Phi) is 4.83. The molecule has 5 rings (SSSR count). The number of piperidine rings is 3. The number of hydrogen-bond acceptors (Lipinski definition) is 3. The summed E-state index contributed by atoms with van der Waals surface area (Å²) in [6, 6.07) is 11.5. The molecule has 2 bridgehead atoms. The van der Waals surface area contributed by atoms with Gasteiger partial charge < -0.3 is 4.90 Å². The van der Waals surface area contributed by atoms with E-state index < -0.39 is 0 Å². The zero-order chi connectivity index (χ0) is 19.1. The maximum Gasteiger partial charge on any atom is 0.272 e. The molecule has 0 spiro atoms. The Morgan fingerprint density at radius 3 is 2.82 bits per heavy atom. The van der Waals surface area contributed by atoms with Crippen LogP contribution in [0.2, 0.25) is 0 Å². The molecular weight excluding hydrogens is 346 g/mol. The molecule has 1 aromatic carbocycles. The van der Waals surface area contributed by atoms with Crippen LogP contribution in [0.15, 0.2) is 36.5 Å². The van der Waals surface area contributed by atoms with Gasteiger partial charge in [-0.2, -0.15) is 0 Å². The number of carbonyl (C=O) groups is 1. The van der Waals surface area contributed by atoms with E-state index in [1.54, 1.807) is 0 Å². The van der Waals surface area contributed by atoms with E-state index >= 15 is 0 Å². The third-order valence-electron chi connectivity index (χ3n) is 7.34. The molecule has 0 radical (unpaired) electrons. The summed E-state index contributed by atoms with van der Waals surface area (Å²) in [4.78, 5) is 22.8. The molecule has 1 amide bonds. The maximum absolute atomic E-state index is 13.3. The molecule has 0 unspecified atom stereocenters. The molecule has 0 N–H and O–H groups in total. The second-order valence-electron chi connectivity index (χ2n) is 9.04. The number of benzene rings is 1. The molecule has 4 heterocycles. The number of fused-ring (bicyclic) bond motifs is 5. The van der Waals surface area contributed by atoms with Crippen LogP contribution in [0.5, 0.6) is 0 Å². The Hall–Kier alpha value is -1.94. The van der Waals surface area contributed by atoms with E-state index in [4.69, 9.17) is 0 Å². The van der Waals surface area contributed by atoms with Crippen molar-refractivity contribution in [3.63, 3.8) is 0 Å². The zero-order valence-electron chi connectivity index (χ0n) is 16.9. The lowest BCUT2D eigenvalue weighted by Gasteiger charge is -2.57. The molecule has 2 aromatic rings. The lowest BCUT2D eigenvalue weighted by Crippen LogP contribution is -2.64. The number of carbonyl (C=O) groups excluding carboxylic acids is 1. The van der Waals surface area contributed by atoms with Crippen molar-refractivity contribution < 1.29 is 4.79 Å². The zero-order valence-corrected chi connectivity index (χ0v) is 16.9. The summed E-state index contributed by atoms with van der Waals surface area (Å²) >= 11 is 0. The molecule has 3 aliphatic heterocycles. The van der Waals surface area contributed by atoms with Gasteiger partial charge in [0.2, 0.25) is 0 Å². The van der Waals surface area contributed by atoms with E-state index in [9.17, 15) is 4.79 Å². The van der Waals surface area contributed by atoms with E-state index in [1.165, 1.54) is 45.1 Å². The van der Waals surface area contributed by atoms with Crippen LogP contribution in [-0.4, -0.2) is 52.4 Å². The first-order valence-electron chi connectivity index (χ1n) is 11.1. The van der Waals surface area contributed by atoms with Gasteiger partial charge in [0.05, 0.1) is 0 Å². The smallest absolute Gasteiger partial charge is 0.272 e. The Labute approximate surface area is 167 Å². The van der Waals surface area contributed by atoms with Gasteiger partial charge in [0.1, 0.15) is 5.69 Å². The molecule has 4 heteroatoms. The number of nitrogens with zero attached hydrogens (tertiary/aromatic N) is 3. The average Bonchev–Trinajstić information content (AvgIpc) is 2.75. The second kappa shape index (κ2) is 7.47. The van der Waals surface area contributed by atoms with E-state index in [0.717, 1.165) is 23.9 Å². The highest BCUT2D eigenvalue weighted by molar-refractivity contribution is 5.96. The van der Waals surface area contributed by atoms with E-state index in [0.29, 0.717) is 29.6 Å². The lowest BCUT2D eigenvalue weighted by molar-refractivity contribution is -0.0671. The van der Waals surface area contributed by atoms with Crippen molar-refractivity contribution in [2.45, 2.75) is 57.5 Å². The van der Waals surface area contributed by atoms with Gasteiger partial charge in [0, 0.05) is 36.8 Å². The highest BCUT2D eigenvalue weighted by Gasteiger charge is 2.47. The highest BCUT2D eigenvalue weighted by Crippen LogP contribution is 2.42. The SMILES string of the molecule is CCC[C@H]1[C@H]2C[C@H](CN(C(=O)c3cc4ccccc4cn3)C2)[C@@H]2CCCCN21. The molecule has 3 aliphatic rings. The Morgan fingerprint density at radius 1 is 1.14 bits per heavy atom. The number of hydrogen-bond donors (Lipinski definition) is 0. The van der Waals surface area contributed by atoms with E-state index in [-0.39, 0.29) is 5.91 Å². The maximum atomic E-state index is 13.3. The minimum Gasteiger partial charge on any atom is -0.337 e. The van der Waals surface area contributed by atoms with Crippen molar-refractivity contribution in [1.29, 1.82) is 0 Å². The predicted molar refractivity (Wildman–Crippen MR) is 112 cm³/mol. The van der Waals surface area contributed by atoms with Crippen molar-refractivity contribution in [2.24, 2.45) is 11.8 Å². The number of aromatic nitrogens is 1. The fourth-order valence-corrected chi connectivity index (χ4v) is 6.13. The molecule has 148 valence electrons. The van der Waals surface area contributed by atoms with Gasteiger partial charge >= 0.3 is 0 Å². The van der Waals surface area contributed by atoms with Crippen molar-refractivity contribution in [3.8, 4) is 0 Å². The Balaban J connectivity index is 1.41. The molecule has 1 aromatic heterocycles. The quantitative estimate of drug-likeness (QED) is 0.798. The topological polar surface area (TPSA) is 36.4 Å². The van der Waals surface area contributed by atoms with E-state index in [2.05, 4.69) is 33.8 Å². The molecule has 3 fully saturated rings. The Morgan fingerprint density at radius 2 is 1.96 bits per heavy atom. The molecular formula is C24H31N3O. The summed E-state index contributed by atoms with van der Waals surface area (Å²) in [6.07, 6.45) is 9.66. The minimum absolute atomic E-state index is 0.125. The summed E-state index contributed by atoms with van der Waals surface area (Å²) in [5, 5.41) is 2.19. The van der Waals surface area contributed by atoms with Crippen LogP contribution in [0.25, 0.3) is 10.8 Å². The molecule has 3 saturated heterocycles. The van der Waals surface area contributed by atoms with Crippen LogP contribution in [0.1, 0.15) is 55.9 Å². The van der Waals surface area contributed by atoms with Crippen molar-refractivity contribution >= 4 is 16.7 Å². The standard InChI is InChI=1S/C24H31N3O/c1-2-7-22-19-12-20(23-10-5-6-11-27(22)23)16-26(15-19)24(28)21-13-17-8-3-4-9-18(17)14-25-21/h3-4,8-9,13-14,19-20,22-23H,2,5-7,10-12,15-16H2,1H3/t19-,20+,22-,23-/m0/s1. The molecule has 0 aliphatic carbocycles. The summed E-state index contributed by atoms with van der Waals surface area (Å²) in [5.74, 6) is 1.38. The highest BCUT2D eigenvalue weighted by atomic mass is 16.2. The van der Waals surface area contributed by atoms with Gasteiger partial charge in [-0.15, -0.1) is 0 Å². The third kappa shape index (κ3) is 3.12. The number of likely N-dealkylation sites (tertiary alicyclic amines) is 1. The summed E-state index contributed by atoms with van der Waals surface area (Å²) in [7, 11) is 0. The first-order valence-corrected chi connectivity index (χ1v) is 11.1. The fourth-order valence-electron chi connectivity index (χ4n) is 6.13. The van der Waals surface area contributed by atoms with Crippen LogP contribution < -0.4 is 0 Å². The van der Waals surface area contributed by atoms with Crippen LogP contribution in [-0.2, 0) is 0 Å². The van der Waals surface area contributed by atoms with Crippen LogP contribution in [0, 0.1) is 11.8 Å². The van der Waals surface area contributed by atoms with Gasteiger partial charge in [0.15, 0.2) is 0 Å². The molecule has 4 atom stereocenters. The minimum atomic E-state index is 0.125. The van der Waals surface area contributed by atoms with Crippen LogP contribution in [0.4, 0.5) is 0 Å². The number of rotatable bonds is 3. The first-order chi connectivity index (χ1) is 13.7. The molecule has 0 saturated carbocycles. The van der Waals surface area contributed by atoms with Crippen LogP contribution >= 0.6 is 0 Å². The number of amides is 1. The average molecular weight is 378 g/mol. The lowest BCUT2D eigenvalue weighted by atomic mass is 9.71.